The lowest BCUT2D eigenvalue weighted by Gasteiger charge is -2.14. The van der Waals surface area contributed by atoms with E-state index in [9.17, 15) is 4.79 Å². The largest absolute Gasteiger partial charge is 0.462 e. The molecule has 1 aromatic rings. The monoisotopic (exact) mass is 308 g/mol. The van der Waals surface area contributed by atoms with Gasteiger partial charge in [-0.05, 0) is 56.2 Å². The molecule has 1 aliphatic rings. The third-order valence-electron chi connectivity index (χ3n) is 3.17. The topological polar surface area (TPSA) is 59.6 Å². The number of carbonyl (C=O) groups is 1. The third-order valence-corrected chi connectivity index (χ3v) is 3.41. The van der Waals surface area contributed by atoms with Gasteiger partial charge < -0.3 is 20.1 Å². The summed E-state index contributed by atoms with van der Waals surface area (Å²) >= 11 is 5.23. The van der Waals surface area contributed by atoms with Crippen molar-refractivity contribution in [1.82, 2.24) is 5.32 Å². The fourth-order valence-corrected chi connectivity index (χ4v) is 2.29. The Balaban J connectivity index is 1.79. The number of nitrogens with one attached hydrogen (secondary N) is 2. The predicted molar refractivity (Wildman–Crippen MR) is 85.6 cm³/mol. The Morgan fingerprint density at radius 1 is 1.43 bits per heavy atom. The molecule has 1 saturated heterocycles. The summed E-state index contributed by atoms with van der Waals surface area (Å²) in [6, 6.07) is 7.02. The molecule has 0 amide bonds. The smallest absolute Gasteiger partial charge is 0.338 e. The molecule has 0 bridgehead atoms. The van der Waals surface area contributed by atoms with Crippen LogP contribution in [0, 0.1) is 0 Å². The molecule has 5 nitrogen and oxygen atoms in total. The van der Waals surface area contributed by atoms with Crippen molar-refractivity contribution in [3.8, 4) is 0 Å². The van der Waals surface area contributed by atoms with Crippen molar-refractivity contribution in [2.45, 2.75) is 25.9 Å². The van der Waals surface area contributed by atoms with E-state index in [2.05, 4.69) is 10.6 Å². The van der Waals surface area contributed by atoms with E-state index < -0.39 is 0 Å². The standard InChI is InChI=1S/C15H20N2O3S/c1-2-19-14(18)11-5-7-12(8-6-11)17-15(21)16-10-13-4-3-9-20-13/h5-8,13H,2-4,9-10H2,1H3,(H2,16,17,21). The highest BCUT2D eigenvalue weighted by molar-refractivity contribution is 7.80. The van der Waals surface area contributed by atoms with Crippen LogP contribution in [0.1, 0.15) is 30.1 Å². The summed E-state index contributed by atoms with van der Waals surface area (Å²) in [4.78, 5) is 11.5. The number of benzene rings is 1. The van der Waals surface area contributed by atoms with Gasteiger partial charge in [0.1, 0.15) is 0 Å². The fraction of sp³-hybridized carbons (Fsp3) is 0.467. The number of esters is 1. The van der Waals surface area contributed by atoms with Gasteiger partial charge in [-0.15, -0.1) is 0 Å². The molecule has 114 valence electrons. The Kier molecular flexibility index (Phi) is 5.95. The van der Waals surface area contributed by atoms with E-state index in [0.29, 0.717) is 23.8 Å². The average molecular weight is 308 g/mol. The maximum absolute atomic E-state index is 11.5. The molecule has 1 aromatic carbocycles. The van der Waals surface area contributed by atoms with Gasteiger partial charge in [0.15, 0.2) is 5.11 Å². The molecule has 0 saturated carbocycles. The molecule has 21 heavy (non-hydrogen) atoms. The number of carbonyl (C=O) groups excluding carboxylic acids is 1. The minimum atomic E-state index is -0.317. The molecule has 1 aliphatic heterocycles. The highest BCUT2D eigenvalue weighted by Crippen LogP contribution is 2.12. The summed E-state index contributed by atoms with van der Waals surface area (Å²) in [6.07, 6.45) is 2.43. The van der Waals surface area contributed by atoms with Gasteiger partial charge in [-0.2, -0.15) is 0 Å². The second-order valence-corrected chi connectivity index (χ2v) is 5.18. The first kappa shape index (κ1) is 15.7. The number of rotatable bonds is 5. The molecule has 2 N–H and O–H groups in total. The lowest BCUT2D eigenvalue weighted by molar-refractivity contribution is 0.0526. The molecular formula is C15H20N2O3S. The number of hydrogen-bond donors (Lipinski definition) is 2. The summed E-state index contributed by atoms with van der Waals surface area (Å²) in [5, 5.41) is 6.76. The van der Waals surface area contributed by atoms with E-state index in [1.54, 1.807) is 31.2 Å². The lowest BCUT2D eigenvalue weighted by Crippen LogP contribution is -2.34. The molecular weight excluding hydrogens is 288 g/mol. The quantitative estimate of drug-likeness (QED) is 0.643. The summed E-state index contributed by atoms with van der Waals surface area (Å²) in [6.45, 7) is 3.71. The highest BCUT2D eigenvalue weighted by Gasteiger charge is 2.15. The van der Waals surface area contributed by atoms with Crippen molar-refractivity contribution < 1.29 is 14.3 Å². The molecule has 1 unspecified atom stereocenters. The summed E-state index contributed by atoms with van der Waals surface area (Å²) < 4.78 is 10.5. The molecule has 1 heterocycles. The zero-order chi connectivity index (χ0) is 15.1. The molecule has 6 heteroatoms. The number of hydrogen-bond acceptors (Lipinski definition) is 4. The molecule has 0 aliphatic carbocycles. The molecule has 1 atom stereocenters. The van der Waals surface area contributed by atoms with Crippen molar-refractivity contribution in [2.75, 3.05) is 25.1 Å². The predicted octanol–water partition coefficient (Wildman–Crippen LogP) is 2.33. The number of anilines is 1. The summed E-state index contributed by atoms with van der Waals surface area (Å²) in [7, 11) is 0. The van der Waals surface area contributed by atoms with Crippen molar-refractivity contribution in [3.63, 3.8) is 0 Å². The van der Waals surface area contributed by atoms with Crippen LogP contribution in [0.5, 0.6) is 0 Å². The van der Waals surface area contributed by atoms with Crippen molar-refractivity contribution >= 4 is 29.0 Å². The van der Waals surface area contributed by atoms with Gasteiger partial charge in [0.2, 0.25) is 0 Å². The normalized spacial score (nSPS) is 17.3. The Labute approximate surface area is 130 Å². The van der Waals surface area contributed by atoms with Crippen molar-refractivity contribution in [1.29, 1.82) is 0 Å². The fourth-order valence-electron chi connectivity index (χ4n) is 2.09. The van der Waals surface area contributed by atoms with Gasteiger partial charge in [-0.3, -0.25) is 0 Å². The Morgan fingerprint density at radius 2 is 2.19 bits per heavy atom. The van der Waals surface area contributed by atoms with Crippen LogP contribution < -0.4 is 10.6 Å². The van der Waals surface area contributed by atoms with Crippen LogP contribution in [0.2, 0.25) is 0 Å². The molecule has 1 fully saturated rings. The Morgan fingerprint density at radius 3 is 2.81 bits per heavy atom. The van der Waals surface area contributed by atoms with Gasteiger partial charge in [0, 0.05) is 18.8 Å². The van der Waals surface area contributed by atoms with Crippen LogP contribution in [-0.2, 0) is 9.47 Å². The molecule has 0 aromatic heterocycles. The minimum Gasteiger partial charge on any atom is -0.462 e. The Hall–Kier alpha value is -1.66. The van der Waals surface area contributed by atoms with E-state index >= 15 is 0 Å². The second-order valence-electron chi connectivity index (χ2n) is 4.77. The first-order chi connectivity index (χ1) is 10.2. The van der Waals surface area contributed by atoms with Gasteiger partial charge in [-0.25, -0.2) is 4.79 Å². The zero-order valence-corrected chi connectivity index (χ0v) is 12.9. The first-order valence-corrected chi connectivity index (χ1v) is 7.53. The average Bonchev–Trinajstić information content (AvgIpc) is 2.99. The first-order valence-electron chi connectivity index (χ1n) is 7.12. The zero-order valence-electron chi connectivity index (χ0n) is 12.1. The van der Waals surface area contributed by atoms with Crippen LogP contribution >= 0.6 is 12.2 Å². The maximum atomic E-state index is 11.5. The van der Waals surface area contributed by atoms with E-state index in [-0.39, 0.29) is 12.1 Å². The van der Waals surface area contributed by atoms with Crippen LogP contribution in [-0.4, -0.2) is 36.9 Å². The van der Waals surface area contributed by atoms with Gasteiger partial charge in [0.05, 0.1) is 18.3 Å². The molecule has 0 radical (unpaired) electrons. The molecule has 0 spiro atoms. The van der Waals surface area contributed by atoms with Crippen LogP contribution in [0.25, 0.3) is 0 Å². The third kappa shape index (κ3) is 4.99. The van der Waals surface area contributed by atoms with Crippen LogP contribution in [0.3, 0.4) is 0 Å². The maximum Gasteiger partial charge on any atom is 0.338 e. The number of ether oxygens (including phenoxy) is 2. The Bertz CT molecular complexity index is 484. The van der Waals surface area contributed by atoms with Crippen molar-refractivity contribution in [2.24, 2.45) is 0 Å². The van der Waals surface area contributed by atoms with E-state index in [1.807, 2.05) is 0 Å². The second kappa shape index (κ2) is 7.95. The van der Waals surface area contributed by atoms with E-state index in [1.165, 1.54) is 0 Å². The SMILES string of the molecule is CCOC(=O)c1ccc(NC(=S)NCC2CCCO2)cc1. The van der Waals surface area contributed by atoms with E-state index in [0.717, 1.165) is 25.1 Å². The van der Waals surface area contributed by atoms with E-state index in [4.69, 9.17) is 21.7 Å². The van der Waals surface area contributed by atoms with Crippen LogP contribution in [0.15, 0.2) is 24.3 Å². The summed E-state index contributed by atoms with van der Waals surface area (Å²) in [5.41, 5.74) is 1.36. The van der Waals surface area contributed by atoms with Gasteiger partial charge >= 0.3 is 5.97 Å². The van der Waals surface area contributed by atoms with Gasteiger partial charge in [0.25, 0.3) is 0 Å². The summed E-state index contributed by atoms with van der Waals surface area (Å²) in [5.74, 6) is -0.317. The van der Waals surface area contributed by atoms with Crippen molar-refractivity contribution in [3.05, 3.63) is 29.8 Å². The van der Waals surface area contributed by atoms with Gasteiger partial charge in [-0.1, -0.05) is 0 Å². The highest BCUT2D eigenvalue weighted by atomic mass is 32.1. The number of thiocarbonyl (C=S) groups is 1. The minimum absolute atomic E-state index is 0.246. The molecule has 2 rings (SSSR count). The van der Waals surface area contributed by atoms with Crippen LogP contribution in [0.4, 0.5) is 5.69 Å². The lowest BCUT2D eigenvalue weighted by atomic mass is 10.2.